The van der Waals surface area contributed by atoms with Gasteiger partial charge in [0.05, 0.1) is 6.20 Å². The number of aromatic nitrogens is 3. The molecule has 1 N–H and O–H groups in total. The largest absolute Gasteiger partial charge is 0.322 e. The van der Waals surface area contributed by atoms with E-state index >= 15 is 0 Å². The number of carbonyl (C=O) groups is 1. The quantitative estimate of drug-likeness (QED) is 0.746. The smallest absolute Gasteiger partial charge is 0.261 e. The first-order valence-corrected chi connectivity index (χ1v) is 9.01. The van der Waals surface area contributed by atoms with Gasteiger partial charge in [-0.3, -0.25) is 4.79 Å². The first-order chi connectivity index (χ1) is 12.2. The molecule has 3 aromatic rings. The lowest BCUT2D eigenvalue weighted by molar-refractivity contribution is 0.102. The third kappa shape index (κ3) is 3.24. The Kier molecular flexibility index (Phi) is 4.40. The van der Waals surface area contributed by atoms with Crippen LogP contribution >= 0.6 is 11.6 Å². The Morgan fingerprint density at radius 1 is 1.04 bits per heavy atom. The third-order valence-electron chi connectivity index (χ3n) is 4.67. The molecule has 4 rings (SSSR count). The molecule has 0 bridgehead atoms. The monoisotopic (exact) mass is 354 g/mol. The summed E-state index contributed by atoms with van der Waals surface area (Å²) in [6.45, 7) is 0. The summed E-state index contributed by atoms with van der Waals surface area (Å²) in [6.07, 6.45) is 10.4. The van der Waals surface area contributed by atoms with Crippen molar-refractivity contribution in [3.8, 4) is 0 Å². The lowest BCUT2D eigenvalue weighted by Gasteiger charge is -2.14. The van der Waals surface area contributed by atoms with Crippen molar-refractivity contribution < 1.29 is 4.79 Å². The standard InChI is InChI=1S/C19H19ClN4O/c20-14-7-9-15(10-8-14)23-19(25)16-12-22-24-17-6-4-2-1-3-5-13(17)11-21-18(16)24/h7-12H,1-6H2,(H,23,25). The molecule has 0 unspecified atom stereocenters. The summed E-state index contributed by atoms with van der Waals surface area (Å²) in [7, 11) is 0. The van der Waals surface area contributed by atoms with E-state index in [1.54, 1.807) is 30.5 Å². The van der Waals surface area contributed by atoms with Gasteiger partial charge in [0.1, 0.15) is 5.56 Å². The molecule has 1 aliphatic rings. The average molecular weight is 355 g/mol. The first kappa shape index (κ1) is 16.1. The SMILES string of the molecule is O=C(Nc1ccc(Cl)cc1)c1cnn2c3c(cnc12)CCCCCC3. The molecule has 0 aliphatic heterocycles. The predicted octanol–water partition coefficient (Wildman–Crippen LogP) is 4.29. The average Bonchev–Trinajstić information content (AvgIpc) is 3.01. The van der Waals surface area contributed by atoms with Crippen LogP contribution in [0.1, 0.15) is 47.3 Å². The summed E-state index contributed by atoms with van der Waals surface area (Å²) in [5.74, 6) is -0.212. The molecular weight excluding hydrogens is 336 g/mol. The summed E-state index contributed by atoms with van der Waals surface area (Å²) in [5.41, 5.74) is 4.24. The number of nitrogens with one attached hydrogen (secondary N) is 1. The maximum absolute atomic E-state index is 12.6. The van der Waals surface area contributed by atoms with Crippen molar-refractivity contribution in [2.75, 3.05) is 5.32 Å². The van der Waals surface area contributed by atoms with E-state index in [0.29, 0.717) is 21.9 Å². The van der Waals surface area contributed by atoms with Crippen molar-refractivity contribution >= 4 is 28.8 Å². The van der Waals surface area contributed by atoms with Gasteiger partial charge in [-0.25, -0.2) is 9.50 Å². The van der Waals surface area contributed by atoms with Gasteiger partial charge in [0.2, 0.25) is 0 Å². The molecule has 25 heavy (non-hydrogen) atoms. The minimum absolute atomic E-state index is 0.212. The van der Waals surface area contributed by atoms with E-state index in [4.69, 9.17) is 11.6 Å². The van der Waals surface area contributed by atoms with E-state index in [2.05, 4.69) is 15.4 Å². The fourth-order valence-corrected chi connectivity index (χ4v) is 3.47. The number of aryl methyl sites for hydroxylation is 2. The van der Waals surface area contributed by atoms with Gasteiger partial charge in [-0.05, 0) is 55.5 Å². The molecule has 1 aromatic carbocycles. The van der Waals surface area contributed by atoms with Crippen molar-refractivity contribution in [1.82, 2.24) is 14.6 Å². The molecule has 0 spiro atoms. The molecule has 2 heterocycles. The molecular formula is C19H19ClN4O. The summed E-state index contributed by atoms with van der Waals surface area (Å²) < 4.78 is 1.84. The number of nitrogens with zero attached hydrogens (tertiary/aromatic N) is 3. The Labute approximate surface area is 151 Å². The van der Waals surface area contributed by atoms with Crippen LogP contribution in [0.2, 0.25) is 5.02 Å². The van der Waals surface area contributed by atoms with Gasteiger partial charge in [-0.1, -0.05) is 24.4 Å². The number of anilines is 1. The first-order valence-electron chi connectivity index (χ1n) is 8.64. The van der Waals surface area contributed by atoms with E-state index in [-0.39, 0.29) is 5.91 Å². The number of carbonyl (C=O) groups excluding carboxylic acids is 1. The van der Waals surface area contributed by atoms with E-state index in [9.17, 15) is 4.79 Å². The number of hydrogen-bond donors (Lipinski definition) is 1. The Morgan fingerprint density at radius 3 is 2.60 bits per heavy atom. The lowest BCUT2D eigenvalue weighted by atomic mass is 9.98. The van der Waals surface area contributed by atoms with Crippen LogP contribution in [0.15, 0.2) is 36.7 Å². The number of amides is 1. The number of fused-ring (bicyclic) bond motifs is 3. The second-order valence-corrected chi connectivity index (χ2v) is 6.84. The normalized spacial score (nSPS) is 14.6. The second kappa shape index (κ2) is 6.84. The molecule has 1 aliphatic carbocycles. The van der Waals surface area contributed by atoms with Crippen LogP contribution in [0.5, 0.6) is 0 Å². The third-order valence-corrected chi connectivity index (χ3v) is 4.92. The number of halogens is 1. The number of rotatable bonds is 2. The van der Waals surface area contributed by atoms with Crippen LogP contribution in [-0.2, 0) is 12.8 Å². The molecule has 0 atom stereocenters. The summed E-state index contributed by atoms with van der Waals surface area (Å²) >= 11 is 5.88. The lowest BCUT2D eigenvalue weighted by Crippen LogP contribution is -2.13. The highest BCUT2D eigenvalue weighted by Crippen LogP contribution is 2.22. The van der Waals surface area contributed by atoms with Crippen LogP contribution in [0.3, 0.4) is 0 Å². The van der Waals surface area contributed by atoms with Crippen molar-refractivity contribution in [2.24, 2.45) is 0 Å². The van der Waals surface area contributed by atoms with E-state index in [0.717, 1.165) is 19.3 Å². The van der Waals surface area contributed by atoms with Crippen molar-refractivity contribution in [2.45, 2.75) is 38.5 Å². The zero-order valence-corrected chi connectivity index (χ0v) is 14.6. The Hall–Kier alpha value is -2.40. The van der Waals surface area contributed by atoms with Crippen LogP contribution in [0.4, 0.5) is 5.69 Å². The Balaban J connectivity index is 1.67. The molecule has 128 valence electrons. The fourth-order valence-electron chi connectivity index (χ4n) is 3.34. The second-order valence-electron chi connectivity index (χ2n) is 6.40. The van der Waals surface area contributed by atoms with Gasteiger partial charge in [0, 0.05) is 22.6 Å². The zero-order valence-electron chi connectivity index (χ0n) is 13.8. The van der Waals surface area contributed by atoms with Crippen LogP contribution < -0.4 is 5.32 Å². The maximum atomic E-state index is 12.6. The molecule has 6 heteroatoms. The maximum Gasteiger partial charge on any atom is 0.261 e. The summed E-state index contributed by atoms with van der Waals surface area (Å²) in [6, 6.07) is 7.03. The minimum Gasteiger partial charge on any atom is -0.322 e. The van der Waals surface area contributed by atoms with E-state index in [1.807, 2.05) is 10.7 Å². The highest BCUT2D eigenvalue weighted by molar-refractivity contribution is 6.30. The van der Waals surface area contributed by atoms with Gasteiger partial charge in [-0.2, -0.15) is 5.10 Å². The van der Waals surface area contributed by atoms with Crippen LogP contribution in [0.25, 0.3) is 5.65 Å². The highest BCUT2D eigenvalue weighted by Gasteiger charge is 2.18. The van der Waals surface area contributed by atoms with E-state index < -0.39 is 0 Å². The van der Waals surface area contributed by atoms with Gasteiger partial charge >= 0.3 is 0 Å². The number of hydrogen-bond acceptors (Lipinski definition) is 3. The molecule has 5 nitrogen and oxygen atoms in total. The summed E-state index contributed by atoms with van der Waals surface area (Å²) in [5, 5.41) is 7.96. The minimum atomic E-state index is -0.212. The van der Waals surface area contributed by atoms with Gasteiger partial charge in [0.25, 0.3) is 5.91 Å². The Morgan fingerprint density at radius 2 is 1.80 bits per heavy atom. The van der Waals surface area contributed by atoms with Crippen LogP contribution in [0, 0.1) is 0 Å². The molecule has 0 radical (unpaired) electrons. The van der Waals surface area contributed by atoms with Crippen molar-refractivity contribution in [3.05, 3.63) is 58.5 Å². The van der Waals surface area contributed by atoms with E-state index in [1.165, 1.54) is 30.5 Å². The molecule has 1 amide bonds. The highest BCUT2D eigenvalue weighted by atomic mass is 35.5. The molecule has 0 fully saturated rings. The van der Waals surface area contributed by atoms with Crippen LogP contribution in [-0.4, -0.2) is 20.5 Å². The molecule has 0 saturated carbocycles. The summed E-state index contributed by atoms with van der Waals surface area (Å²) in [4.78, 5) is 17.1. The predicted molar refractivity (Wildman–Crippen MR) is 98.3 cm³/mol. The zero-order chi connectivity index (χ0) is 17.2. The molecule has 0 saturated heterocycles. The molecule has 2 aromatic heterocycles. The van der Waals surface area contributed by atoms with Gasteiger partial charge in [0.15, 0.2) is 5.65 Å². The fraction of sp³-hybridized carbons (Fsp3) is 0.316. The van der Waals surface area contributed by atoms with Gasteiger partial charge in [-0.15, -0.1) is 0 Å². The van der Waals surface area contributed by atoms with Gasteiger partial charge < -0.3 is 5.32 Å². The topological polar surface area (TPSA) is 59.3 Å². The number of benzene rings is 1. The van der Waals surface area contributed by atoms with Crippen molar-refractivity contribution in [3.63, 3.8) is 0 Å². The Bertz CT molecular complexity index is 917. The van der Waals surface area contributed by atoms with Crippen molar-refractivity contribution in [1.29, 1.82) is 0 Å².